The summed E-state index contributed by atoms with van der Waals surface area (Å²) in [7, 11) is 8.26. The van der Waals surface area contributed by atoms with Crippen LogP contribution in [-0.2, 0) is 4.74 Å². The van der Waals surface area contributed by atoms with Crippen molar-refractivity contribution in [3.05, 3.63) is 0 Å². The average molecular weight is 216 g/mol. The first-order valence-corrected chi connectivity index (χ1v) is 5.87. The second-order valence-corrected chi connectivity index (χ2v) is 4.63. The lowest BCUT2D eigenvalue weighted by molar-refractivity contribution is 0.0121. The molecule has 3 heteroatoms. The van der Waals surface area contributed by atoms with Gasteiger partial charge in [0.1, 0.15) is 0 Å². The molecule has 0 aliphatic rings. The van der Waals surface area contributed by atoms with Gasteiger partial charge >= 0.3 is 0 Å². The molecule has 0 N–H and O–H groups in total. The van der Waals surface area contributed by atoms with Crippen LogP contribution in [0.4, 0.5) is 0 Å². The van der Waals surface area contributed by atoms with E-state index in [2.05, 4.69) is 44.8 Å². The smallest absolute Gasteiger partial charge is 0.0659 e. The lowest BCUT2D eigenvalue weighted by atomic mass is 9.92. The molecule has 0 fully saturated rings. The van der Waals surface area contributed by atoms with Crippen LogP contribution in [0.25, 0.3) is 0 Å². The van der Waals surface area contributed by atoms with Crippen molar-refractivity contribution in [1.82, 2.24) is 9.80 Å². The molecule has 1 unspecified atom stereocenters. The third-order valence-electron chi connectivity index (χ3n) is 3.18. The molecule has 3 nitrogen and oxygen atoms in total. The largest absolute Gasteiger partial charge is 0.383 e. The summed E-state index contributed by atoms with van der Waals surface area (Å²) in [6.07, 6.45) is 2.37. The van der Waals surface area contributed by atoms with Crippen LogP contribution in [0.3, 0.4) is 0 Å². The zero-order valence-electron chi connectivity index (χ0n) is 11.3. The van der Waals surface area contributed by atoms with Crippen LogP contribution in [0.2, 0.25) is 0 Å². The molecule has 1 atom stereocenters. The minimum atomic E-state index is 0.161. The summed E-state index contributed by atoms with van der Waals surface area (Å²) in [5.41, 5.74) is 0.161. The van der Waals surface area contributed by atoms with E-state index in [0.29, 0.717) is 0 Å². The van der Waals surface area contributed by atoms with Gasteiger partial charge in [-0.25, -0.2) is 0 Å². The van der Waals surface area contributed by atoms with Gasteiger partial charge in [-0.15, -0.1) is 0 Å². The average Bonchev–Trinajstić information content (AvgIpc) is 2.18. The molecule has 0 aromatic carbocycles. The summed E-state index contributed by atoms with van der Waals surface area (Å²) in [6, 6.07) is 0. The van der Waals surface area contributed by atoms with Gasteiger partial charge < -0.3 is 14.5 Å². The van der Waals surface area contributed by atoms with Gasteiger partial charge in [0.15, 0.2) is 0 Å². The van der Waals surface area contributed by atoms with Crippen LogP contribution >= 0.6 is 0 Å². The second kappa shape index (κ2) is 7.20. The van der Waals surface area contributed by atoms with Gasteiger partial charge in [-0.1, -0.05) is 20.3 Å². The standard InChI is InChI=1S/C12H28N2O/c1-7-9-12(11-15-6,13(3)4)10-14(5)8-2/h7-11H2,1-6H3. The Morgan fingerprint density at radius 3 is 2.07 bits per heavy atom. The first-order chi connectivity index (χ1) is 7.02. The predicted molar refractivity (Wildman–Crippen MR) is 66.4 cm³/mol. The zero-order valence-corrected chi connectivity index (χ0v) is 11.3. The van der Waals surface area contributed by atoms with Gasteiger partial charge in [-0.3, -0.25) is 0 Å². The molecule has 0 aliphatic heterocycles. The van der Waals surface area contributed by atoms with Crippen molar-refractivity contribution in [1.29, 1.82) is 0 Å². The monoisotopic (exact) mass is 216 g/mol. The Hall–Kier alpha value is -0.120. The molecule has 15 heavy (non-hydrogen) atoms. The second-order valence-electron chi connectivity index (χ2n) is 4.63. The van der Waals surface area contributed by atoms with Gasteiger partial charge in [-0.2, -0.15) is 0 Å². The summed E-state index contributed by atoms with van der Waals surface area (Å²) in [6.45, 7) is 7.39. The third kappa shape index (κ3) is 4.49. The van der Waals surface area contributed by atoms with Crippen molar-refractivity contribution in [3.63, 3.8) is 0 Å². The van der Waals surface area contributed by atoms with Crippen LogP contribution in [0.1, 0.15) is 26.7 Å². The van der Waals surface area contributed by atoms with Gasteiger partial charge in [0.25, 0.3) is 0 Å². The summed E-state index contributed by atoms with van der Waals surface area (Å²) < 4.78 is 5.40. The van der Waals surface area contributed by atoms with Crippen LogP contribution < -0.4 is 0 Å². The number of nitrogens with zero attached hydrogens (tertiary/aromatic N) is 2. The van der Waals surface area contributed by atoms with Crippen LogP contribution in [0.15, 0.2) is 0 Å². The topological polar surface area (TPSA) is 15.7 Å². The molecule has 0 saturated carbocycles. The van der Waals surface area contributed by atoms with E-state index in [0.717, 1.165) is 19.7 Å². The molecule has 0 saturated heterocycles. The molecule has 0 aromatic rings. The lowest BCUT2D eigenvalue weighted by Crippen LogP contribution is -2.55. The molecular formula is C12H28N2O. The molecule has 0 amide bonds. The summed E-state index contributed by atoms with van der Waals surface area (Å²) >= 11 is 0. The Morgan fingerprint density at radius 2 is 1.73 bits per heavy atom. The Morgan fingerprint density at radius 1 is 1.13 bits per heavy atom. The lowest BCUT2D eigenvalue weighted by Gasteiger charge is -2.42. The van der Waals surface area contributed by atoms with E-state index in [4.69, 9.17) is 4.74 Å². The maximum absolute atomic E-state index is 5.40. The van der Waals surface area contributed by atoms with Crippen LogP contribution in [-0.4, -0.2) is 63.3 Å². The predicted octanol–water partition coefficient (Wildman–Crippen LogP) is 1.68. The molecule has 0 bridgehead atoms. The maximum atomic E-state index is 5.40. The van der Waals surface area contributed by atoms with Crippen LogP contribution in [0, 0.1) is 0 Å². The van der Waals surface area contributed by atoms with E-state index in [-0.39, 0.29) is 5.54 Å². The number of hydrogen-bond donors (Lipinski definition) is 0. The molecule has 0 aliphatic carbocycles. The van der Waals surface area contributed by atoms with Crippen LogP contribution in [0.5, 0.6) is 0 Å². The fourth-order valence-electron chi connectivity index (χ4n) is 2.04. The van der Waals surface area contributed by atoms with Gasteiger partial charge in [0.05, 0.1) is 12.1 Å². The number of ether oxygens (including phenoxy) is 1. The molecule has 0 spiro atoms. The van der Waals surface area contributed by atoms with E-state index in [9.17, 15) is 0 Å². The molecule has 92 valence electrons. The minimum Gasteiger partial charge on any atom is -0.383 e. The highest BCUT2D eigenvalue weighted by atomic mass is 16.5. The van der Waals surface area contributed by atoms with Gasteiger partial charge in [-0.05, 0) is 34.1 Å². The van der Waals surface area contributed by atoms with E-state index < -0.39 is 0 Å². The highest BCUT2D eigenvalue weighted by Gasteiger charge is 2.32. The minimum absolute atomic E-state index is 0.161. The fourth-order valence-corrected chi connectivity index (χ4v) is 2.04. The molecular weight excluding hydrogens is 188 g/mol. The summed E-state index contributed by atoms with van der Waals surface area (Å²) in [5, 5.41) is 0. The van der Waals surface area contributed by atoms with Crippen molar-refractivity contribution >= 4 is 0 Å². The maximum Gasteiger partial charge on any atom is 0.0659 e. The van der Waals surface area contributed by atoms with Crippen molar-refractivity contribution in [2.75, 3.05) is 47.9 Å². The number of hydrogen-bond acceptors (Lipinski definition) is 3. The van der Waals surface area contributed by atoms with E-state index in [1.807, 2.05) is 0 Å². The normalized spacial score (nSPS) is 16.0. The first-order valence-electron chi connectivity index (χ1n) is 5.87. The molecule has 0 radical (unpaired) electrons. The highest BCUT2D eigenvalue weighted by molar-refractivity contribution is 4.90. The number of methoxy groups -OCH3 is 1. The number of rotatable bonds is 8. The summed E-state index contributed by atoms with van der Waals surface area (Å²) in [4.78, 5) is 4.67. The molecule has 0 aromatic heterocycles. The third-order valence-corrected chi connectivity index (χ3v) is 3.18. The number of likely N-dealkylation sites (N-methyl/N-ethyl adjacent to an activating group) is 2. The first kappa shape index (κ1) is 14.9. The Balaban J connectivity index is 4.60. The van der Waals surface area contributed by atoms with Gasteiger partial charge in [0, 0.05) is 13.7 Å². The van der Waals surface area contributed by atoms with Crippen molar-refractivity contribution in [3.8, 4) is 0 Å². The highest BCUT2D eigenvalue weighted by Crippen LogP contribution is 2.21. The van der Waals surface area contributed by atoms with Crippen molar-refractivity contribution in [2.45, 2.75) is 32.2 Å². The fraction of sp³-hybridized carbons (Fsp3) is 1.00. The quantitative estimate of drug-likeness (QED) is 0.614. The zero-order chi connectivity index (χ0) is 11.9. The van der Waals surface area contributed by atoms with E-state index in [1.54, 1.807) is 7.11 Å². The Kier molecular flexibility index (Phi) is 7.14. The summed E-state index contributed by atoms with van der Waals surface area (Å²) in [5.74, 6) is 0. The molecule has 0 rings (SSSR count). The Labute approximate surface area is 95.4 Å². The Bertz CT molecular complexity index is 154. The SMILES string of the molecule is CCCC(COC)(CN(C)CC)N(C)C. The van der Waals surface area contributed by atoms with Crippen molar-refractivity contribution in [2.24, 2.45) is 0 Å². The van der Waals surface area contributed by atoms with Gasteiger partial charge in [0.2, 0.25) is 0 Å². The molecule has 0 heterocycles. The van der Waals surface area contributed by atoms with E-state index in [1.165, 1.54) is 12.8 Å². The van der Waals surface area contributed by atoms with E-state index >= 15 is 0 Å². The van der Waals surface area contributed by atoms with Crippen molar-refractivity contribution < 1.29 is 4.74 Å².